The van der Waals surface area contributed by atoms with E-state index in [9.17, 15) is 13.2 Å². The molecule has 3 heterocycles. The second kappa shape index (κ2) is 10.8. The maximum absolute atomic E-state index is 13.8. The minimum Gasteiger partial charge on any atom is -0.376 e. The number of hydrogen-bond donors (Lipinski definition) is 0. The third-order valence-corrected chi connectivity index (χ3v) is 10.2. The van der Waals surface area contributed by atoms with Crippen LogP contribution in [0.1, 0.15) is 38.2 Å². The predicted molar refractivity (Wildman–Crippen MR) is 143 cm³/mol. The Bertz CT molecular complexity index is 1330. The third kappa shape index (κ3) is 5.17. The van der Waals surface area contributed by atoms with Gasteiger partial charge in [0.15, 0.2) is 5.13 Å². The number of carbonyl (C=O) groups is 1. The molecule has 1 amide bonds. The summed E-state index contributed by atoms with van der Waals surface area (Å²) in [5.41, 5.74) is 2.12. The Morgan fingerprint density at radius 3 is 2.58 bits per heavy atom. The molecule has 1 atom stereocenters. The molecule has 7 nitrogen and oxygen atoms in total. The standard InChI is InChI=1S/C26H30ClN3O4S2/c1-2-18-5-3-7-23-24(18)28-26(35-23)30(17-21-6-4-16-34-21)25(31)19-12-14-29(15-13-19)36(32,33)22-10-8-20(27)9-11-22/h3,5,7-11,19,21H,2,4,6,12-17H2,1H3. The number of aromatic nitrogens is 1. The van der Waals surface area contributed by atoms with Crippen molar-refractivity contribution in [2.75, 3.05) is 31.1 Å². The first-order valence-corrected chi connectivity index (χ1v) is 15.1. The number of benzene rings is 2. The van der Waals surface area contributed by atoms with E-state index >= 15 is 0 Å². The topological polar surface area (TPSA) is 79.8 Å². The third-order valence-electron chi connectivity index (χ3n) is 7.03. The zero-order valence-electron chi connectivity index (χ0n) is 20.2. The lowest BCUT2D eigenvalue weighted by molar-refractivity contribution is -0.123. The molecule has 0 spiro atoms. The first kappa shape index (κ1) is 25.6. The van der Waals surface area contributed by atoms with Crippen LogP contribution in [0.4, 0.5) is 5.13 Å². The zero-order chi connectivity index (χ0) is 25.3. The molecule has 0 aliphatic carbocycles. The highest BCUT2D eigenvalue weighted by Gasteiger charge is 2.36. The number of amides is 1. The fourth-order valence-electron chi connectivity index (χ4n) is 4.97. The molecule has 0 saturated carbocycles. The molecule has 0 radical (unpaired) electrons. The fourth-order valence-corrected chi connectivity index (χ4v) is 7.59. The second-order valence-electron chi connectivity index (χ2n) is 9.33. The number of nitrogens with zero attached hydrogens (tertiary/aromatic N) is 3. The van der Waals surface area contributed by atoms with Gasteiger partial charge < -0.3 is 4.74 Å². The Hall–Kier alpha value is -2.04. The molecule has 10 heteroatoms. The summed E-state index contributed by atoms with van der Waals surface area (Å²) in [6, 6.07) is 12.4. The molecule has 1 aromatic heterocycles. The monoisotopic (exact) mass is 547 g/mol. The quantitative estimate of drug-likeness (QED) is 0.410. The molecular formula is C26H30ClN3O4S2. The van der Waals surface area contributed by atoms with Crippen LogP contribution >= 0.6 is 22.9 Å². The number of halogens is 1. The van der Waals surface area contributed by atoms with Crippen molar-refractivity contribution in [3.63, 3.8) is 0 Å². The molecule has 0 N–H and O–H groups in total. The predicted octanol–water partition coefficient (Wildman–Crippen LogP) is 5.13. The number of ether oxygens (including phenoxy) is 1. The van der Waals surface area contributed by atoms with Crippen LogP contribution in [0.15, 0.2) is 47.4 Å². The largest absolute Gasteiger partial charge is 0.376 e. The van der Waals surface area contributed by atoms with E-state index in [1.54, 1.807) is 17.0 Å². The summed E-state index contributed by atoms with van der Waals surface area (Å²) in [5.74, 6) is -0.258. The molecule has 2 saturated heterocycles. The van der Waals surface area contributed by atoms with Crippen molar-refractivity contribution in [1.29, 1.82) is 0 Å². The van der Waals surface area contributed by atoms with E-state index in [0.717, 1.165) is 29.5 Å². The summed E-state index contributed by atoms with van der Waals surface area (Å²) in [6.45, 7) is 3.90. The molecule has 192 valence electrons. The summed E-state index contributed by atoms with van der Waals surface area (Å²) in [5, 5.41) is 1.19. The van der Waals surface area contributed by atoms with Crippen LogP contribution in [0.25, 0.3) is 10.2 Å². The number of fused-ring (bicyclic) bond motifs is 1. The molecular weight excluding hydrogens is 518 g/mol. The van der Waals surface area contributed by atoms with Gasteiger partial charge in [-0.3, -0.25) is 9.69 Å². The molecule has 2 fully saturated rings. The average molecular weight is 548 g/mol. The fraction of sp³-hybridized carbons (Fsp3) is 0.462. The van der Waals surface area contributed by atoms with Crippen LogP contribution in [-0.2, 0) is 26.0 Å². The van der Waals surface area contributed by atoms with Gasteiger partial charge >= 0.3 is 0 Å². The number of rotatable bonds is 7. The van der Waals surface area contributed by atoms with Crippen molar-refractivity contribution in [3.05, 3.63) is 53.1 Å². The number of hydrogen-bond acceptors (Lipinski definition) is 6. The van der Waals surface area contributed by atoms with Gasteiger partial charge in [-0.2, -0.15) is 4.31 Å². The summed E-state index contributed by atoms with van der Waals surface area (Å²) < 4.78 is 34.6. The van der Waals surface area contributed by atoms with Crippen molar-refractivity contribution < 1.29 is 17.9 Å². The molecule has 2 aromatic carbocycles. The van der Waals surface area contributed by atoms with Crippen LogP contribution in [-0.4, -0.2) is 56.0 Å². The zero-order valence-corrected chi connectivity index (χ0v) is 22.6. The number of piperidine rings is 1. The van der Waals surface area contributed by atoms with E-state index in [4.69, 9.17) is 21.3 Å². The van der Waals surface area contributed by atoms with E-state index in [2.05, 4.69) is 13.0 Å². The Morgan fingerprint density at radius 2 is 1.92 bits per heavy atom. The first-order chi connectivity index (χ1) is 17.4. The highest BCUT2D eigenvalue weighted by atomic mass is 35.5. The molecule has 5 rings (SSSR count). The van der Waals surface area contributed by atoms with Crippen LogP contribution < -0.4 is 4.90 Å². The summed E-state index contributed by atoms with van der Waals surface area (Å²) in [7, 11) is -3.62. The smallest absolute Gasteiger partial charge is 0.243 e. The number of anilines is 1. The number of thiazole rings is 1. The van der Waals surface area contributed by atoms with Gasteiger partial charge in [-0.1, -0.05) is 42.0 Å². The van der Waals surface area contributed by atoms with E-state index in [1.807, 2.05) is 12.1 Å². The molecule has 2 aliphatic rings. The number of aryl methyl sites for hydroxylation is 1. The Kier molecular flexibility index (Phi) is 7.65. The van der Waals surface area contributed by atoms with Crippen LogP contribution in [0, 0.1) is 5.92 Å². The lowest BCUT2D eigenvalue weighted by Crippen LogP contribution is -2.46. The molecule has 3 aromatic rings. The minimum atomic E-state index is -3.62. The van der Waals surface area contributed by atoms with E-state index in [-0.39, 0.29) is 22.8 Å². The maximum atomic E-state index is 13.8. The molecule has 1 unspecified atom stereocenters. The lowest BCUT2D eigenvalue weighted by atomic mass is 9.96. The van der Waals surface area contributed by atoms with Crippen molar-refractivity contribution >= 4 is 54.2 Å². The van der Waals surface area contributed by atoms with Gasteiger partial charge in [-0.05, 0) is 68.0 Å². The van der Waals surface area contributed by atoms with E-state index in [0.29, 0.717) is 49.2 Å². The molecule has 2 aliphatic heterocycles. The summed E-state index contributed by atoms with van der Waals surface area (Å²) in [4.78, 5) is 20.7. The summed E-state index contributed by atoms with van der Waals surface area (Å²) in [6.07, 6.45) is 3.73. The van der Waals surface area contributed by atoms with Gasteiger partial charge in [0.2, 0.25) is 15.9 Å². The Labute approximate surface area is 221 Å². The maximum Gasteiger partial charge on any atom is 0.243 e. The Morgan fingerprint density at radius 1 is 1.17 bits per heavy atom. The normalized spacial score (nSPS) is 19.7. The van der Waals surface area contributed by atoms with Crippen molar-refractivity contribution in [1.82, 2.24) is 9.29 Å². The van der Waals surface area contributed by atoms with Crippen molar-refractivity contribution in [3.8, 4) is 0 Å². The number of carbonyl (C=O) groups excluding carboxylic acids is 1. The van der Waals surface area contributed by atoms with E-state index < -0.39 is 10.0 Å². The van der Waals surface area contributed by atoms with Crippen molar-refractivity contribution in [2.45, 2.75) is 50.0 Å². The van der Waals surface area contributed by atoms with Crippen LogP contribution in [0.2, 0.25) is 5.02 Å². The SMILES string of the molecule is CCc1cccc2sc(N(CC3CCCO3)C(=O)C3CCN(S(=O)(=O)c4ccc(Cl)cc4)CC3)nc12. The highest BCUT2D eigenvalue weighted by Crippen LogP contribution is 2.34. The molecule has 0 bridgehead atoms. The van der Waals surface area contributed by atoms with Crippen molar-refractivity contribution in [2.24, 2.45) is 5.92 Å². The van der Waals surface area contributed by atoms with Gasteiger partial charge in [-0.15, -0.1) is 0 Å². The summed E-state index contributed by atoms with van der Waals surface area (Å²) >= 11 is 7.46. The number of sulfonamides is 1. The molecule has 36 heavy (non-hydrogen) atoms. The first-order valence-electron chi connectivity index (χ1n) is 12.4. The van der Waals surface area contributed by atoms with E-state index in [1.165, 1.54) is 33.3 Å². The van der Waals surface area contributed by atoms with Gasteiger partial charge in [0.25, 0.3) is 0 Å². The van der Waals surface area contributed by atoms with Crippen LogP contribution in [0.3, 0.4) is 0 Å². The van der Waals surface area contributed by atoms with Gasteiger partial charge in [0, 0.05) is 30.6 Å². The highest BCUT2D eigenvalue weighted by molar-refractivity contribution is 7.89. The minimum absolute atomic E-state index is 0.00280. The van der Waals surface area contributed by atoms with Gasteiger partial charge in [-0.25, -0.2) is 13.4 Å². The second-order valence-corrected chi connectivity index (χ2v) is 12.7. The number of para-hydroxylation sites is 1. The van der Waals surface area contributed by atoms with Crippen LogP contribution in [0.5, 0.6) is 0 Å². The Balaban J connectivity index is 1.35. The average Bonchev–Trinajstić information content (AvgIpc) is 3.57. The van der Waals surface area contributed by atoms with Gasteiger partial charge in [0.05, 0.1) is 27.8 Å². The van der Waals surface area contributed by atoms with Gasteiger partial charge in [0.1, 0.15) is 0 Å². The lowest BCUT2D eigenvalue weighted by Gasteiger charge is -2.33.